The Morgan fingerprint density at radius 3 is 2.40 bits per heavy atom. The van der Waals surface area contributed by atoms with E-state index in [2.05, 4.69) is 0 Å². The summed E-state index contributed by atoms with van der Waals surface area (Å²) < 4.78 is 0. The second-order valence-corrected chi connectivity index (χ2v) is 3.06. The average Bonchev–Trinajstić information content (AvgIpc) is 1.41. The van der Waals surface area contributed by atoms with Crippen LogP contribution in [0.25, 0.3) is 0 Å². The van der Waals surface area contributed by atoms with Gasteiger partial charge in [-0.1, -0.05) is 10.8 Å². The van der Waals surface area contributed by atoms with Gasteiger partial charge in [-0.15, -0.1) is 10.8 Å². The molecule has 0 rings (SSSR count). The lowest BCUT2D eigenvalue weighted by atomic mass is 10.2. The van der Waals surface area contributed by atoms with Gasteiger partial charge < -0.3 is 0 Å². The van der Waals surface area contributed by atoms with E-state index >= 15 is 0 Å². The van der Waals surface area contributed by atoms with E-state index in [9.17, 15) is 0 Å². The van der Waals surface area contributed by atoms with E-state index < -0.39 is 0 Å². The van der Waals surface area contributed by atoms with Crippen molar-refractivity contribution >= 4 is 29.4 Å². The maximum absolute atomic E-state index is 5.08. The van der Waals surface area contributed by atoms with E-state index in [0.29, 0.717) is 0 Å². The fourth-order valence-electron chi connectivity index (χ4n) is 0.0680. The summed E-state index contributed by atoms with van der Waals surface area (Å²) in [6.45, 7) is 0. The summed E-state index contributed by atoms with van der Waals surface area (Å²) in [7, 11) is 8.43. The minimum Gasteiger partial charge on any atom is -0.104 e. The summed E-state index contributed by atoms with van der Waals surface area (Å²) in [5, 5.41) is 0. The van der Waals surface area contributed by atoms with E-state index in [-0.39, 0.29) is 0 Å². The zero-order chi connectivity index (χ0) is 4.12. The van der Waals surface area contributed by atoms with Gasteiger partial charge in [-0.05, 0) is 11.9 Å². The SMILES string of the molecule is [B]CSSC. The van der Waals surface area contributed by atoms with Gasteiger partial charge in [0.15, 0.2) is 0 Å². The predicted molar refractivity (Wildman–Crippen MR) is 31.7 cm³/mol. The molecule has 0 atom stereocenters. The van der Waals surface area contributed by atoms with Gasteiger partial charge >= 0.3 is 0 Å². The molecule has 0 aliphatic carbocycles. The van der Waals surface area contributed by atoms with Crippen LogP contribution >= 0.6 is 21.6 Å². The van der Waals surface area contributed by atoms with Gasteiger partial charge in [-0.25, -0.2) is 0 Å². The first kappa shape index (κ1) is 5.76. The minimum absolute atomic E-state index is 0.723. The lowest BCUT2D eigenvalue weighted by molar-refractivity contribution is 2.27. The summed E-state index contributed by atoms with van der Waals surface area (Å²) >= 11 is 0. The molecule has 0 aliphatic heterocycles. The summed E-state index contributed by atoms with van der Waals surface area (Å²) in [6.07, 6.45) is 2.01. The molecule has 0 nitrogen and oxygen atoms in total. The Labute approximate surface area is 41.9 Å². The molecule has 0 amide bonds. The van der Waals surface area contributed by atoms with E-state index in [1.165, 1.54) is 0 Å². The number of hydrogen-bond donors (Lipinski definition) is 0. The fraction of sp³-hybridized carbons (Fsp3) is 1.00. The quantitative estimate of drug-likeness (QED) is 0.380. The highest BCUT2D eigenvalue weighted by molar-refractivity contribution is 8.76. The fourth-order valence-corrected chi connectivity index (χ4v) is 0.612. The number of hydrogen-bond acceptors (Lipinski definition) is 2. The van der Waals surface area contributed by atoms with Gasteiger partial charge in [-0.3, -0.25) is 0 Å². The molecule has 0 saturated carbocycles. The number of rotatable bonds is 2. The van der Waals surface area contributed by atoms with Gasteiger partial charge in [0.2, 0.25) is 0 Å². The summed E-state index contributed by atoms with van der Waals surface area (Å²) in [5.74, 6) is 0. The molecule has 5 heavy (non-hydrogen) atoms. The van der Waals surface area contributed by atoms with E-state index in [1.54, 1.807) is 21.6 Å². The Morgan fingerprint density at radius 2 is 2.40 bits per heavy atom. The molecule has 3 heteroatoms. The Hall–Kier alpha value is 0.765. The van der Waals surface area contributed by atoms with Crippen LogP contribution in [0.4, 0.5) is 0 Å². The summed E-state index contributed by atoms with van der Waals surface area (Å²) in [5.41, 5.74) is 0.723. The van der Waals surface area contributed by atoms with Crippen molar-refractivity contribution in [1.29, 1.82) is 0 Å². The third kappa shape index (κ3) is 4.76. The van der Waals surface area contributed by atoms with Crippen molar-refractivity contribution in [3.8, 4) is 0 Å². The van der Waals surface area contributed by atoms with Crippen LogP contribution in [0, 0.1) is 0 Å². The van der Waals surface area contributed by atoms with Crippen LogP contribution in [0.5, 0.6) is 0 Å². The third-order valence-corrected chi connectivity index (χ3v) is 1.67. The molecule has 0 unspecified atom stereocenters. The molecule has 0 N–H and O–H groups in total. The van der Waals surface area contributed by atoms with Crippen molar-refractivity contribution in [1.82, 2.24) is 0 Å². The lowest BCUT2D eigenvalue weighted by Crippen LogP contribution is -1.62. The lowest BCUT2D eigenvalue weighted by Gasteiger charge is -1.80. The van der Waals surface area contributed by atoms with Crippen molar-refractivity contribution in [2.45, 2.75) is 0 Å². The highest BCUT2D eigenvalue weighted by Crippen LogP contribution is 2.12. The monoisotopic (exact) mass is 104 g/mol. The Bertz CT molecular complexity index is 15.1. The Kier molecular flexibility index (Phi) is 5.49. The molecule has 0 fully saturated rings. The first-order valence-corrected chi connectivity index (χ1v) is 4.00. The molecule has 0 bridgehead atoms. The van der Waals surface area contributed by atoms with Crippen LogP contribution in [0.3, 0.4) is 0 Å². The van der Waals surface area contributed by atoms with Gasteiger partial charge in [0, 0.05) is 0 Å². The first-order valence-electron chi connectivity index (χ1n) is 1.27. The highest BCUT2D eigenvalue weighted by Gasteiger charge is 1.67. The first-order chi connectivity index (χ1) is 2.41. The largest absolute Gasteiger partial charge is 0.104 e. The zero-order valence-electron chi connectivity index (χ0n) is 3.10. The Morgan fingerprint density at radius 1 is 1.80 bits per heavy atom. The average molecular weight is 104 g/mol. The molecular weight excluding hydrogens is 99.0 g/mol. The van der Waals surface area contributed by atoms with E-state index in [1.807, 2.05) is 6.26 Å². The highest BCUT2D eigenvalue weighted by atomic mass is 33.1. The molecule has 0 aromatic carbocycles. The minimum atomic E-state index is 0.723. The predicted octanol–water partition coefficient (Wildman–Crippen LogP) is 1.12. The standard InChI is InChI=1S/C2H5BS2/c1-4-5-2-3/h2H2,1H3. The Balaban J connectivity index is 2.19. The zero-order valence-corrected chi connectivity index (χ0v) is 4.73. The smallest absolute Gasteiger partial charge is 0.0811 e. The van der Waals surface area contributed by atoms with Gasteiger partial charge in [-0.2, -0.15) is 0 Å². The van der Waals surface area contributed by atoms with Crippen LogP contribution in [-0.4, -0.2) is 19.8 Å². The van der Waals surface area contributed by atoms with Crippen molar-refractivity contribution in [2.75, 3.05) is 11.9 Å². The molecule has 0 aromatic rings. The van der Waals surface area contributed by atoms with Crippen molar-refractivity contribution in [2.24, 2.45) is 0 Å². The molecular formula is C2H5BS2. The van der Waals surface area contributed by atoms with Crippen LogP contribution in [0.2, 0.25) is 0 Å². The molecule has 0 heterocycles. The van der Waals surface area contributed by atoms with E-state index in [4.69, 9.17) is 7.85 Å². The molecule has 0 spiro atoms. The normalized spacial score (nSPS) is 8.20. The summed E-state index contributed by atoms with van der Waals surface area (Å²) in [4.78, 5) is 0. The second-order valence-electron chi connectivity index (χ2n) is 0.451. The van der Waals surface area contributed by atoms with Gasteiger partial charge in [0.1, 0.15) is 0 Å². The van der Waals surface area contributed by atoms with Crippen molar-refractivity contribution in [3.05, 3.63) is 0 Å². The molecule has 0 aliphatic rings. The molecule has 0 saturated heterocycles. The molecule has 2 radical (unpaired) electrons. The molecule has 0 aromatic heterocycles. The van der Waals surface area contributed by atoms with Crippen LogP contribution in [-0.2, 0) is 0 Å². The van der Waals surface area contributed by atoms with Crippen LogP contribution in [0.1, 0.15) is 0 Å². The third-order valence-electron chi connectivity index (χ3n) is 0.186. The van der Waals surface area contributed by atoms with Crippen LogP contribution < -0.4 is 0 Å². The second kappa shape index (κ2) is 4.76. The maximum atomic E-state index is 5.08. The molecule has 28 valence electrons. The van der Waals surface area contributed by atoms with Crippen molar-refractivity contribution in [3.63, 3.8) is 0 Å². The maximum Gasteiger partial charge on any atom is 0.0811 e. The topological polar surface area (TPSA) is 0 Å². The van der Waals surface area contributed by atoms with Gasteiger partial charge in [0.05, 0.1) is 7.85 Å². The van der Waals surface area contributed by atoms with Crippen LogP contribution in [0.15, 0.2) is 0 Å². The summed E-state index contributed by atoms with van der Waals surface area (Å²) in [6, 6.07) is 0. The van der Waals surface area contributed by atoms with Crippen molar-refractivity contribution < 1.29 is 0 Å². The van der Waals surface area contributed by atoms with Gasteiger partial charge in [0.25, 0.3) is 0 Å². The van der Waals surface area contributed by atoms with E-state index in [0.717, 1.165) is 5.65 Å².